The molecule has 4 fully saturated rings. The second-order valence-corrected chi connectivity index (χ2v) is 9.56. The Morgan fingerprint density at radius 2 is 2.00 bits per heavy atom. The molecule has 5 atom stereocenters. The lowest BCUT2D eigenvalue weighted by Crippen LogP contribution is -2.74. The van der Waals surface area contributed by atoms with Gasteiger partial charge in [0.05, 0.1) is 17.1 Å². The number of ether oxygens (including phenoxy) is 1. The molecule has 2 bridgehead atoms. The van der Waals surface area contributed by atoms with Crippen LogP contribution in [0.3, 0.4) is 0 Å². The van der Waals surface area contributed by atoms with E-state index in [0.29, 0.717) is 30.8 Å². The number of aliphatic hydroxyl groups excluding tert-OH is 2. The average Bonchev–Trinajstić information content (AvgIpc) is 2.93. The van der Waals surface area contributed by atoms with Gasteiger partial charge in [-0.2, -0.15) is 0 Å². The molecular formula is C21H29NO4. The quantitative estimate of drug-likeness (QED) is 0.706. The van der Waals surface area contributed by atoms with E-state index in [-0.39, 0.29) is 6.04 Å². The van der Waals surface area contributed by atoms with Crippen molar-refractivity contribution in [3.63, 3.8) is 0 Å². The zero-order valence-electron chi connectivity index (χ0n) is 15.3. The number of likely N-dealkylation sites (tertiary alicyclic amines) is 1. The molecule has 2 saturated carbocycles. The molecule has 3 N–H and O–H groups in total. The molecule has 0 aromatic heterocycles. The summed E-state index contributed by atoms with van der Waals surface area (Å²) in [6.07, 6.45) is 7.44. The molecule has 2 heterocycles. The van der Waals surface area contributed by atoms with Crippen LogP contribution in [0.1, 0.15) is 57.8 Å². The van der Waals surface area contributed by atoms with Crippen molar-refractivity contribution in [2.24, 2.45) is 11.3 Å². The molecule has 0 radical (unpaired) electrons. The Morgan fingerprint density at radius 1 is 1.15 bits per heavy atom. The van der Waals surface area contributed by atoms with Crippen molar-refractivity contribution in [2.75, 3.05) is 13.1 Å². The first-order valence-corrected chi connectivity index (χ1v) is 10.5. The van der Waals surface area contributed by atoms with Gasteiger partial charge in [0.1, 0.15) is 11.9 Å². The summed E-state index contributed by atoms with van der Waals surface area (Å²) in [5, 5.41) is 33.3. The smallest absolute Gasteiger partial charge is 0.161 e. The summed E-state index contributed by atoms with van der Waals surface area (Å²) in [6.45, 7) is 2.06. The highest BCUT2D eigenvalue weighted by atomic mass is 16.5. The van der Waals surface area contributed by atoms with Crippen molar-refractivity contribution < 1.29 is 20.1 Å². The van der Waals surface area contributed by atoms with Gasteiger partial charge in [0, 0.05) is 24.6 Å². The highest BCUT2D eigenvalue weighted by Crippen LogP contribution is 2.68. The van der Waals surface area contributed by atoms with Crippen LogP contribution in [0.5, 0.6) is 0 Å². The van der Waals surface area contributed by atoms with Crippen molar-refractivity contribution >= 4 is 0 Å². The molecule has 142 valence electrons. The number of hydrogen-bond acceptors (Lipinski definition) is 5. The molecule has 4 aliphatic carbocycles. The van der Waals surface area contributed by atoms with Crippen LogP contribution in [0.2, 0.25) is 0 Å². The van der Waals surface area contributed by atoms with Gasteiger partial charge in [0.2, 0.25) is 0 Å². The lowest BCUT2D eigenvalue weighted by atomic mass is 9.48. The maximum Gasteiger partial charge on any atom is 0.161 e. The Morgan fingerprint density at radius 3 is 2.77 bits per heavy atom. The summed E-state index contributed by atoms with van der Waals surface area (Å²) in [5.74, 6) is 1.71. The molecule has 0 aromatic rings. The summed E-state index contributed by atoms with van der Waals surface area (Å²) in [7, 11) is 0. The predicted molar refractivity (Wildman–Crippen MR) is 95.3 cm³/mol. The topological polar surface area (TPSA) is 73.2 Å². The van der Waals surface area contributed by atoms with Crippen molar-refractivity contribution in [3.05, 3.63) is 22.7 Å². The van der Waals surface area contributed by atoms with Gasteiger partial charge in [-0.25, -0.2) is 0 Å². The number of piperidine rings is 1. The molecule has 2 aliphatic heterocycles. The summed E-state index contributed by atoms with van der Waals surface area (Å²) < 4.78 is 6.21. The number of aliphatic hydroxyl groups is 3. The molecule has 6 rings (SSSR count). The Hall–Kier alpha value is -1.04. The second-order valence-electron chi connectivity index (χ2n) is 9.56. The van der Waals surface area contributed by atoms with Crippen molar-refractivity contribution in [1.82, 2.24) is 4.90 Å². The fraction of sp³-hybridized carbons (Fsp3) is 0.810. The SMILES string of the molecule is OC1=C2O[C@H]3[C@@H](O)CC[C@@]4(O)[C@H]5CC(=C2[C@@]34CCN5CC2CCC2)CC1. The van der Waals surface area contributed by atoms with Crippen molar-refractivity contribution in [2.45, 2.75) is 81.6 Å². The van der Waals surface area contributed by atoms with Gasteiger partial charge in [0.15, 0.2) is 5.76 Å². The van der Waals surface area contributed by atoms with E-state index in [1.54, 1.807) is 0 Å². The number of hydrogen-bond donors (Lipinski definition) is 3. The fourth-order valence-electron chi connectivity index (χ4n) is 7.13. The minimum absolute atomic E-state index is 0.133. The third kappa shape index (κ3) is 1.69. The van der Waals surface area contributed by atoms with Crippen LogP contribution in [-0.2, 0) is 4.74 Å². The van der Waals surface area contributed by atoms with Gasteiger partial charge in [-0.3, -0.25) is 4.90 Å². The molecule has 26 heavy (non-hydrogen) atoms. The van der Waals surface area contributed by atoms with Gasteiger partial charge >= 0.3 is 0 Å². The van der Waals surface area contributed by atoms with Gasteiger partial charge in [0.25, 0.3) is 0 Å². The first-order valence-electron chi connectivity index (χ1n) is 10.5. The Balaban J connectivity index is 1.50. The van der Waals surface area contributed by atoms with E-state index >= 15 is 0 Å². The van der Waals surface area contributed by atoms with E-state index in [4.69, 9.17) is 4.74 Å². The summed E-state index contributed by atoms with van der Waals surface area (Å²) >= 11 is 0. The standard InChI is InChI=1S/C21H29NO4/c23-14-5-4-13-10-16-21(25)7-6-15(24)19-20(21,17(13)18(14)26-19)8-9-22(16)11-12-2-1-3-12/h12,15-16,19,23-25H,1-11H2/t15-,16+,19-,20-,21+/m0/s1. The van der Waals surface area contributed by atoms with Crippen LogP contribution in [0, 0.1) is 11.3 Å². The Bertz CT molecular complexity index is 726. The highest BCUT2D eigenvalue weighted by Gasteiger charge is 2.74. The van der Waals surface area contributed by atoms with E-state index < -0.39 is 23.2 Å². The van der Waals surface area contributed by atoms with Gasteiger partial charge in [-0.1, -0.05) is 12.0 Å². The molecule has 2 saturated heterocycles. The number of rotatable bonds is 2. The van der Waals surface area contributed by atoms with E-state index in [9.17, 15) is 15.3 Å². The summed E-state index contributed by atoms with van der Waals surface area (Å²) in [4.78, 5) is 2.56. The first-order chi connectivity index (χ1) is 12.5. The molecule has 0 unspecified atom stereocenters. The van der Waals surface area contributed by atoms with Crippen LogP contribution >= 0.6 is 0 Å². The normalized spacial score (nSPS) is 47.5. The lowest BCUT2D eigenvalue weighted by Gasteiger charge is -2.64. The molecule has 5 heteroatoms. The van der Waals surface area contributed by atoms with E-state index in [1.165, 1.54) is 24.8 Å². The summed E-state index contributed by atoms with van der Waals surface area (Å²) in [5.41, 5.74) is 1.06. The van der Waals surface area contributed by atoms with Gasteiger partial charge in [-0.15, -0.1) is 0 Å². The van der Waals surface area contributed by atoms with Crippen LogP contribution in [0.15, 0.2) is 22.7 Å². The monoisotopic (exact) mass is 359 g/mol. The number of allylic oxidation sites excluding steroid dienone is 2. The van der Waals surface area contributed by atoms with Crippen LogP contribution in [0.4, 0.5) is 0 Å². The third-order valence-corrected chi connectivity index (χ3v) is 8.57. The van der Waals surface area contributed by atoms with E-state index in [1.807, 2.05) is 0 Å². The van der Waals surface area contributed by atoms with E-state index in [2.05, 4.69) is 4.90 Å². The maximum absolute atomic E-state index is 12.1. The average molecular weight is 359 g/mol. The second kappa shape index (κ2) is 5.06. The van der Waals surface area contributed by atoms with Crippen molar-refractivity contribution in [1.29, 1.82) is 0 Å². The van der Waals surface area contributed by atoms with Crippen LogP contribution in [0.25, 0.3) is 0 Å². The largest absolute Gasteiger partial charge is 0.508 e. The maximum atomic E-state index is 12.1. The zero-order chi connectivity index (χ0) is 17.7. The van der Waals surface area contributed by atoms with E-state index in [0.717, 1.165) is 43.8 Å². The lowest BCUT2D eigenvalue weighted by molar-refractivity contribution is -0.231. The van der Waals surface area contributed by atoms with Gasteiger partial charge < -0.3 is 20.1 Å². The minimum atomic E-state index is -0.850. The zero-order valence-corrected chi connectivity index (χ0v) is 15.3. The summed E-state index contributed by atoms with van der Waals surface area (Å²) in [6, 6.07) is 0.133. The van der Waals surface area contributed by atoms with Crippen LogP contribution < -0.4 is 0 Å². The molecule has 5 nitrogen and oxygen atoms in total. The molecule has 6 aliphatic rings. The molecular weight excluding hydrogens is 330 g/mol. The molecule has 0 aromatic carbocycles. The number of nitrogens with zero attached hydrogens (tertiary/aromatic N) is 1. The highest BCUT2D eigenvalue weighted by molar-refractivity contribution is 5.53. The molecule has 0 amide bonds. The predicted octanol–water partition coefficient (Wildman–Crippen LogP) is 2.40. The Labute approximate surface area is 154 Å². The van der Waals surface area contributed by atoms with Gasteiger partial charge in [-0.05, 0) is 57.4 Å². The minimum Gasteiger partial charge on any atom is -0.508 e. The van der Waals surface area contributed by atoms with Crippen molar-refractivity contribution in [3.8, 4) is 0 Å². The first kappa shape index (κ1) is 16.0. The molecule has 1 spiro atoms. The third-order valence-electron chi connectivity index (χ3n) is 8.57. The Kier molecular flexibility index (Phi) is 3.11. The van der Waals surface area contributed by atoms with Crippen LogP contribution in [-0.4, -0.2) is 57.2 Å². The fourth-order valence-corrected chi connectivity index (χ4v) is 7.13.